The number of H-pyrrole nitrogens is 1. The zero-order chi connectivity index (χ0) is 11.5. The molecule has 16 heavy (non-hydrogen) atoms. The Morgan fingerprint density at radius 1 is 1.50 bits per heavy atom. The smallest absolute Gasteiger partial charge is 0.326 e. The van der Waals surface area contributed by atoms with Crippen molar-refractivity contribution in [1.29, 1.82) is 0 Å². The molecule has 0 fully saturated rings. The fourth-order valence-corrected chi connectivity index (χ4v) is 1.41. The Balaban J connectivity index is 2.28. The minimum absolute atomic E-state index is 0.341. The normalized spacial score (nSPS) is 10.0. The van der Waals surface area contributed by atoms with E-state index < -0.39 is 16.5 Å². The maximum Gasteiger partial charge on any atom is 0.361 e. The molecule has 0 aliphatic carbocycles. The SMILES string of the molecule is O=C(N=S(=O)=O)Nc1cc2cccnc2[nH]1. The fraction of sp³-hybridized carbons (Fsp3) is 0. The predicted octanol–water partition coefficient (Wildman–Crippen LogP) is 1.16. The van der Waals surface area contributed by atoms with Crippen molar-refractivity contribution in [2.24, 2.45) is 4.36 Å². The van der Waals surface area contributed by atoms with Crippen LogP contribution in [0.5, 0.6) is 0 Å². The molecule has 0 atom stereocenters. The first kappa shape index (κ1) is 10.3. The van der Waals surface area contributed by atoms with E-state index in [1.807, 2.05) is 0 Å². The standard InChI is InChI=1S/C8H6N4O3S/c13-8(12-16(14)15)11-6-4-5-2-1-3-9-7(5)10-6/h1-4H,(H,9,10)(H,11,13). The van der Waals surface area contributed by atoms with Crippen LogP contribution in [0.1, 0.15) is 0 Å². The van der Waals surface area contributed by atoms with Gasteiger partial charge in [0.1, 0.15) is 11.5 Å². The number of anilines is 1. The summed E-state index contributed by atoms with van der Waals surface area (Å²) in [6.45, 7) is 0. The van der Waals surface area contributed by atoms with Crippen LogP contribution in [0, 0.1) is 0 Å². The van der Waals surface area contributed by atoms with E-state index in [1.54, 1.807) is 24.4 Å². The summed E-state index contributed by atoms with van der Waals surface area (Å²) in [4.78, 5) is 17.8. The Hall–Kier alpha value is -2.22. The van der Waals surface area contributed by atoms with Crippen LogP contribution in [-0.2, 0) is 10.5 Å². The molecule has 0 spiro atoms. The number of nitrogens with zero attached hydrogens (tertiary/aromatic N) is 2. The third-order valence-electron chi connectivity index (χ3n) is 1.79. The van der Waals surface area contributed by atoms with Gasteiger partial charge in [-0.3, -0.25) is 5.32 Å². The van der Waals surface area contributed by atoms with Gasteiger partial charge in [-0.1, -0.05) is 4.36 Å². The van der Waals surface area contributed by atoms with Crippen LogP contribution in [0.25, 0.3) is 11.0 Å². The van der Waals surface area contributed by atoms with Crippen LogP contribution >= 0.6 is 0 Å². The number of urea groups is 1. The van der Waals surface area contributed by atoms with E-state index in [-0.39, 0.29) is 0 Å². The highest BCUT2D eigenvalue weighted by Crippen LogP contribution is 2.15. The Bertz CT molecular complexity index is 632. The van der Waals surface area contributed by atoms with Crippen molar-refractivity contribution >= 4 is 33.4 Å². The first-order valence-electron chi connectivity index (χ1n) is 4.21. The Morgan fingerprint density at radius 3 is 3.00 bits per heavy atom. The number of amides is 2. The molecule has 0 bridgehead atoms. The summed E-state index contributed by atoms with van der Waals surface area (Å²) >= 11 is 0. The maximum absolute atomic E-state index is 11.0. The van der Waals surface area contributed by atoms with Gasteiger partial charge in [0.05, 0.1) is 0 Å². The topological polar surface area (TPSA) is 104 Å². The van der Waals surface area contributed by atoms with E-state index in [0.29, 0.717) is 11.5 Å². The van der Waals surface area contributed by atoms with Crippen LogP contribution in [0.2, 0.25) is 0 Å². The fourth-order valence-electron chi connectivity index (χ4n) is 1.23. The largest absolute Gasteiger partial charge is 0.361 e. The first-order chi connectivity index (χ1) is 7.65. The number of pyridine rings is 1. The molecule has 2 aromatic rings. The number of hydrogen-bond acceptors (Lipinski definition) is 4. The first-order valence-corrected chi connectivity index (χ1v) is 5.24. The molecule has 0 aliphatic rings. The van der Waals surface area contributed by atoms with Crippen molar-refractivity contribution in [2.45, 2.75) is 0 Å². The predicted molar refractivity (Wildman–Crippen MR) is 56.5 cm³/mol. The average Bonchev–Trinajstić information content (AvgIpc) is 2.57. The van der Waals surface area contributed by atoms with Crippen molar-refractivity contribution in [1.82, 2.24) is 9.97 Å². The van der Waals surface area contributed by atoms with E-state index in [1.165, 1.54) is 0 Å². The summed E-state index contributed by atoms with van der Waals surface area (Å²) in [6, 6.07) is 4.22. The lowest BCUT2D eigenvalue weighted by Crippen LogP contribution is -2.05. The molecule has 2 N–H and O–H groups in total. The molecule has 0 saturated carbocycles. The molecule has 7 nitrogen and oxygen atoms in total. The summed E-state index contributed by atoms with van der Waals surface area (Å²) in [5.74, 6) is 0.341. The minimum Gasteiger partial charge on any atom is -0.326 e. The highest BCUT2D eigenvalue weighted by molar-refractivity contribution is 7.62. The van der Waals surface area contributed by atoms with Gasteiger partial charge in [-0.25, -0.2) is 9.78 Å². The Kier molecular flexibility index (Phi) is 2.64. The highest BCUT2D eigenvalue weighted by Gasteiger charge is 2.04. The molecule has 0 radical (unpaired) electrons. The van der Waals surface area contributed by atoms with Gasteiger partial charge in [-0.15, -0.1) is 0 Å². The van der Waals surface area contributed by atoms with Crippen LogP contribution in [0.15, 0.2) is 28.8 Å². The van der Waals surface area contributed by atoms with Crippen molar-refractivity contribution in [2.75, 3.05) is 5.32 Å². The number of nitrogens with one attached hydrogen (secondary N) is 2. The zero-order valence-electron chi connectivity index (χ0n) is 7.84. The van der Waals surface area contributed by atoms with Crippen LogP contribution in [-0.4, -0.2) is 24.4 Å². The molecule has 2 aromatic heterocycles. The van der Waals surface area contributed by atoms with Gasteiger partial charge in [-0.2, -0.15) is 8.42 Å². The number of aromatic amines is 1. The van der Waals surface area contributed by atoms with Gasteiger partial charge in [-0.05, 0) is 18.2 Å². The molecule has 0 unspecified atom stereocenters. The van der Waals surface area contributed by atoms with Gasteiger partial charge in [0.15, 0.2) is 0 Å². The monoisotopic (exact) mass is 238 g/mol. The lowest BCUT2D eigenvalue weighted by Gasteiger charge is -1.93. The summed E-state index contributed by atoms with van der Waals surface area (Å²) in [5.41, 5.74) is 0.598. The Labute approximate surface area is 91.2 Å². The van der Waals surface area contributed by atoms with Gasteiger partial charge >= 0.3 is 16.5 Å². The van der Waals surface area contributed by atoms with Crippen molar-refractivity contribution in [3.05, 3.63) is 24.4 Å². The minimum atomic E-state index is -2.75. The number of fused-ring (bicyclic) bond motifs is 1. The lowest BCUT2D eigenvalue weighted by molar-refractivity contribution is 0.260. The molecule has 0 aromatic carbocycles. The molecule has 2 heterocycles. The van der Waals surface area contributed by atoms with Gasteiger partial charge < -0.3 is 4.98 Å². The number of hydrogen-bond donors (Lipinski definition) is 2. The third-order valence-corrected chi connectivity index (χ3v) is 2.11. The second-order valence-corrected chi connectivity index (χ2v) is 3.48. The summed E-state index contributed by atoms with van der Waals surface area (Å²) in [5, 5.41) is 3.07. The zero-order valence-corrected chi connectivity index (χ0v) is 8.65. The summed E-state index contributed by atoms with van der Waals surface area (Å²) < 4.78 is 23.0. The number of carbonyl (C=O) groups excluding carboxylic acids is 1. The van der Waals surface area contributed by atoms with Gasteiger partial charge in [0.25, 0.3) is 0 Å². The summed E-state index contributed by atoms with van der Waals surface area (Å²) in [7, 11) is -2.75. The van der Waals surface area contributed by atoms with Crippen LogP contribution < -0.4 is 5.32 Å². The van der Waals surface area contributed by atoms with Crippen molar-refractivity contribution < 1.29 is 13.2 Å². The van der Waals surface area contributed by atoms with Crippen LogP contribution in [0.4, 0.5) is 10.6 Å². The average molecular weight is 238 g/mol. The van der Waals surface area contributed by atoms with E-state index in [2.05, 4.69) is 19.6 Å². The van der Waals surface area contributed by atoms with Crippen LogP contribution in [0.3, 0.4) is 0 Å². The van der Waals surface area contributed by atoms with Gasteiger partial charge in [0.2, 0.25) is 0 Å². The quantitative estimate of drug-likeness (QED) is 0.777. The number of carbonyl (C=O) groups is 1. The van der Waals surface area contributed by atoms with Gasteiger partial charge in [0, 0.05) is 11.6 Å². The second-order valence-electron chi connectivity index (χ2n) is 2.86. The molecular formula is C8H6N4O3S. The maximum atomic E-state index is 11.0. The molecule has 2 rings (SSSR count). The highest BCUT2D eigenvalue weighted by atomic mass is 32.2. The lowest BCUT2D eigenvalue weighted by atomic mass is 10.3. The molecule has 82 valence electrons. The second kappa shape index (κ2) is 4.11. The molecule has 2 amide bonds. The number of rotatable bonds is 1. The molecular weight excluding hydrogens is 232 g/mol. The molecule has 8 heteroatoms. The summed E-state index contributed by atoms with van der Waals surface area (Å²) in [6.07, 6.45) is 1.60. The third kappa shape index (κ3) is 2.23. The molecule has 0 aliphatic heterocycles. The number of aromatic nitrogens is 2. The van der Waals surface area contributed by atoms with E-state index in [4.69, 9.17) is 0 Å². The van der Waals surface area contributed by atoms with E-state index in [9.17, 15) is 13.2 Å². The van der Waals surface area contributed by atoms with E-state index >= 15 is 0 Å². The van der Waals surface area contributed by atoms with E-state index in [0.717, 1.165) is 5.39 Å². The molecule has 0 saturated heterocycles. The van der Waals surface area contributed by atoms with Crippen molar-refractivity contribution in [3.63, 3.8) is 0 Å². The van der Waals surface area contributed by atoms with Crippen molar-refractivity contribution in [3.8, 4) is 0 Å². The Morgan fingerprint density at radius 2 is 2.31 bits per heavy atom.